The van der Waals surface area contributed by atoms with Gasteiger partial charge in [0, 0.05) is 12.2 Å². The third-order valence-corrected chi connectivity index (χ3v) is 3.81. The maximum absolute atomic E-state index is 12.1. The Labute approximate surface area is 147 Å². The van der Waals surface area contributed by atoms with Gasteiger partial charge in [0.15, 0.2) is 0 Å². The van der Waals surface area contributed by atoms with Crippen molar-refractivity contribution in [3.05, 3.63) is 83.8 Å². The average molecular weight is 332 g/mol. The van der Waals surface area contributed by atoms with E-state index in [1.807, 2.05) is 42.5 Å². The Kier molecular flexibility index (Phi) is 5.36. The molecule has 5 nitrogen and oxygen atoms in total. The predicted octanol–water partition coefficient (Wildman–Crippen LogP) is 3.71. The fraction of sp³-hybridized carbons (Fsp3) is 0.150. The van der Waals surface area contributed by atoms with Crippen LogP contribution in [-0.4, -0.2) is 15.9 Å². The van der Waals surface area contributed by atoms with Gasteiger partial charge in [-0.25, -0.2) is 9.97 Å². The lowest BCUT2D eigenvalue weighted by Crippen LogP contribution is -2.24. The molecule has 0 unspecified atom stereocenters. The molecule has 3 rings (SSSR count). The van der Waals surface area contributed by atoms with Gasteiger partial charge in [0.2, 0.25) is 0 Å². The molecule has 0 atom stereocenters. The largest absolute Gasteiger partial charge is 0.347 e. The zero-order valence-corrected chi connectivity index (χ0v) is 14.1. The number of nitrogens with zero attached hydrogens (tertiary/aromatic N) is 2. The van der Waals surface area contributed by atoms with Crippen LogP contribution in [0.3, 0.4) is 0 Å². The minimum atomic E-state index is -0.241. The molecular formula is C20H20N4O. The summed E-state index contributed by atoms with van der Waals surface area (Å²) in [4.78, 5) is 20.6. The van der Waals surface area contributed by atoms with E-state index in [9.17, 15) is 4.79 Å². The van der Waals surface area contributed by atoms with Crippen LogP contribution in [0.2, 0.25) is 0 Å². The lowest BCUT2D eigenvalue weighted by molar-refractivity contribution is 0.0945. The van der Waals surface area contributed by atoms with Crippen molar-refractivity contribution in [2.75, 3.05) is 5.32 Å². The van der Waals surface area contributed by atoms with Gasteiger partial charge in [0.1, 0.15) is 11.5 Å². The quantitative estimate of drug-likeness (QED) is 0.722. The molecule has 0 bridgehead atoms. The van der Waals surface area contributed by atoms with E-state index in [0.29, 0.717) is 18.1 Å². The van der Waals surface area contributed by atoms with Crippen LogP contribution in [0.5, 0.6) is 0 Å². The number of carbonyl (C=O) groups excluding carboxylic acids is 1. The number of nitrogens with one attached hydrogen (secondary N) is 2. The number of hydrogen-bond donors (Lipinski definition) is 2. The van der Waals surface area contributed by atoms with E-state index in [1.165, 1.54) is 11.8 Å². The molecule has 0 spiro atoms. The Bertz CT molecular complexity index is 815. The van der Waals surface area contributed by atoms with Crippen LogP contribution >= 0.6 is 0 Å². The van der Waals surface area contributed by atoms with Crippen molar-refractivity contribution in [2.45, 2.75) is 19.9 Å². The minimum absolute atomic E-state index is 0.241. The summed E-state index contributed by atoms with van der Waals surface area (Å²) in [5, 5.41) is 6.01. The molecule has 5 heteroatoms. The van der Waals surface area contributed by atoms with E-state index in [2.05, 4.69) is 39.7 Å². The summed E-state index contributed by atoms with van der Waals surface area (Å²) in [7, 11) is 0. The molecule has 2 N–H and O–H groups in total. The summed E-state index contributed by atoms with van der Waals surface area (Å²) >= 11 is 0. The fourth-order valence-electron chi connectivity index (χ4n) is 2.35. The first-order chi connectivity index (χ1) is 12.2. The van der Waals surface area contributed by atoms with E-state index in [0.717, 1.165) is 17.7 Å². The number of carbonyl (C=O) groups is 1. The number of hydrogen-bond acceptors (Lipinski definition) is 4. The van der Waals surface area contributed by atoms with Gasteiger partial charge in [0.05, 0.1) is 12.4 Å². The Morgan fingerprint density at radius 2 is 1.68 bits per heavy atom. The normalized spacial score (nSPS) is 10.3. The van der Waals surface area contributed by atoms with Crippen LogP contribution < -0.4 is 10.6 Å². The van der Waals surface area contributed by atoms with Gasteiger partial charge in [-0.05, 0) is 29.7 Å². The molecule has 0 saturated heterocycles. The molecule has 2 aromatic carbocycles. The SMILES string of the molecule is CCc1ccc(Nc2cnc(C(=O)NCc3ccccc3)cn2)cc1. The average Bonchev–Trinajstić information content (AvgIpc) is 2.68. The Balaban J connectivity index is 1.58. The number of aromatic nitrogens is 2. The second kappa shape index (κ2) is 8.06. The van der Waals surface area contributed by atoms with Crippen molar-refractivity contribution in [1.29, 1.82) is 0 Å². The van der Waals surface area contributed by atoms with Crippen molar-refractivity contribution in [3.63, 3.8) is 0 Å². The number of benzene rings is 2. The maximum atomic E-state index is 12.1. The van der Waals surface area contributed by atoms with E-state index in [-0.39, 0.29) is 5.91 Å². The van der Waals surface area contributed by atoms with Gasteiger partial charge in [-0.2, -0.15) is 0 Å². The highest BCUT2D eigenvalue weighted by atomic mass is 16.1. The third kappa shape index (κ3) is 4.64. The summed E-state index contributed by atoms with van der Waals surface area (Å²) < 4.78 is 0. The molecule has 0 aliphatic rings. The number of rotatable bonds is 6. The molecule has 0 aliphatic carbocycles. The van der Waals surface area contributed by atoms with Gasteiger partial charge in [-0.1, -0.05) is 49.4 Å². The first-order valence-electron chi connectivity index (χ1n) is 8.24. The van der Waals surface area contributed by atoms with Crippen molar-refractivity contribution < 1.29 is 4.79 Å². The van der Waals surface area contributed by atoms with Gasteiger partial charge >= 0.3 is 0 Å². The second-order valence-electron chi connectivity index (χ2n) is 5.63. The minimum Gasteiger partial charge on any atom is -0.347 e. The molecule has 3 aromatic rings. The molecule has 1 aromatic heterocycles. The van der Waals surface area contributed by atoms with E-state index >= 15 is 0 Å². The highest BCUT2D eigenvalue weighted by Crippen LogP contribution is 2.15. The van der Waals surface area contributed by atoms with Crippen molar-refractivity contribution >= 4 is 17.4 Å². The topological polar surface area (TPSA) is 66.9 Å². The van der Waals surface area contributed by atoms with Crippen LogP contribution in [0.1, 0.15) is 28.5 Å². The number of aryl methyl sites for hydroxylation is 1. The molecule has 126 valence electrons. The highest BCUT2D eigenvalue weighted by molar-refractivity contribution is 5.92. The van der Waals surface area contributed by atoms with Crippen molar-refractivity contribution in [3.8, 4) is 0 Å². The third-order valence-electron chi connectivity index (χ3n) is 3.81. The molecule has 0 radical (unpaired) electrons. The smallest absolute Gasteiger partial charge is 0.271 e. The predicted molar refractivity (Wildman–Crippen MR) is 98.7 cm³/mol. The molecule has 0 saturated carbocycles. The van der Waals surface area contributed by atoms with Crippen LogP contribution in [0.25, 0.3) is 0 Å². The van der Waals surface area contributed by atoms with Crippen molar-refractivity contribution in [1.82, 2.24) is 15.3 Å². The van der Waals surface area contributed by atoms with Gasteiger partial charge in [-0.15, -0.1) is 0 Å². The molecule has 1 amide bonds. The summed E-state index contributed by atoms with van der Waals surface area (Å²) in [6, 6.07) is 17.9. The Morgan fingerprint density at radius 1 is 0.920 bits per heavy atom. The maximum Gasteiger partial charge on any atom is 0.271 e. The standard InChI is InChI=1S/C20H20N4O/c1-2-15-8-10-17(11-9-15)24-19-14-21-18(13-22-19)20(25)23-12-16-6-4-3-5-7-16/h3-11,13-14H,2,12H2,1H3,(H,22,24)(H,23,25). The first kappa shape index (κ1) is 16.6. The molecule has 1 heterocycles. The summed E-state index contributed by atoms with van der Waals surface area (Å²) in [5.74, 6) is 0.360. The fourth-order valence-corrected chi connectivity index (χ4v) is 2.35. The van der Waals surface area contributed by atoms with Crippen molar-refractivity contribution in [2.24, 2.45) is 0 Å². The monoisotopic (exact) mass is 332 g/mol. The summed E-state index contributed by atoms with van der Waals surface area (Å²) in [5.41, 5.74) is 3.55. The Hall–Kier alpha value is -3.21. The number of anilines is 2. The Morgan fingerprint density at radius 3 is 2.32 bits per heavy atom. The zero-order chi connectivity index (χ0) is 17.5. The van der Waals surface area contributed by atoms with E-state index in [4.69, 9.17) is 0 Å². The van der Waals surface area contributed by atoms with Gasteiger partial charge < -0.3 is 10.6 Å². The first-order valence-corrected chi connectivity index (χ1v) is 8.24. The summed E-state index contributed by atoms with van der Waals surface area (Å²) in [6.45, 7) is 2.58. The van der Waals surface area contributed by atoms with Crippen LogP contribution in [0.15, 0.2) is 67.0 Å². The molecule has 0 fully saturated rings. The summed E-state index contributed by atoms with van der Waals surface area (Å²) in [6.07, 6.45) is 4.04. The van der Waals surface area contributed by atoms with Gasteiger partial charge in [-0.3, -0.25) is 4.79 Å². The molecular weight excluding hydrogens is 312 g/mol. The highest BCUT2D eigenvalue weighted by Gasteiger charge is 2.08. The van der Waals surface area contributed by atoms with E-state index < -0.39 is 0 Å². The van der Waals surface area contributed by atoms with Crippen LogP contribution in [0, 0.1) is 0 Å². The second-order valence-corrected chi connectivity index (χ2v) is 5.63. The molecule has 25 heavy (non-hydrogen) atoms. The molecule has 0 aliphatic heterocycles. The lowest BCUT2D eigenvalue weighted by Gasteiger charge is -2.07. The zero-order valence-electron chi connectivity index (χ0n) is 14.1. The lowest BCUT2D eigenvalue weighted by atomic mass is 10.1. The van der Waals surface area contributed by atoms with Crippen LogP contribution in [-0.2, 0) is 13.0 Å². The number of amides is 1. The van der Waals surface area contributed by atoms with Gasteiger partial charge in [0.25, 0.3) is 5.91 Å². The van der Waals surface area contributed by atoms with Crippen LogP contribution in [0.4, 0.5) is 11.5 Å². The van der Waals surface area contributed by atoms with E-state index in [1.54, 1.807) is 6.20 Å².